The third kappa shape index (κ3) is 3.70. The maximum atomic E-state index is 12.1. The van der Waals surface area contributed by atoms with Gasteiger partial charge in [0.25, 0.3) is 5.91 Å². The van der Waals surface area contributed by atoms with E-state index in [2.05, 4.69) is 16.6 Å². The van der Waals surface area contributed by atoms with Gasteiger partial charge >= 0.3 is 0 Å². The highest BCUT2D eigenvalue weighted by Crippen LogP contribution is 2.20. The number of aromatic amines is 1. The number of anilines is 1. The smallest absolute Gasteiger partial charge is 0.253 e. The predicted octanol–water partition coefficient (Wildman–Crippen LogP) is 3.01. The van der Waals surface area contributed by atoms with Crippen molar-refractivity contribution in [3.63, 3.8) is 0 Å². The van der Waals surface area contributed by atoms with Gasteiger partial charge in [-0.05, 0) is 43.0 Å². The Bertz CT molecular complexity index is 580. The fourth-order valence-electron chi connectivity index (χ4n) is 2.17. The van der Waals surface area contributed by atoms with Crippen molar-refractivity contribution >= 4 is 34.3 Å². The lowest BCUT2D eigenvalue weighted by Crippen LogP contribution is -2.24. The summed E-state index contributed by atoms with van der Waals surface area (Å²) in [4.78, 5) is 15.2. The van der Waals surface area contributed by atoms with Gasteiger partial charge in [0.2, 0.25) is 0 Å². The van der Waals surface area contributed by atoms with Crippen LogP contribution in [0.1, 0.15) is 29.6 Å². The molecule has 1 amide bonds. The van der Waals surface area contributed by atoms with Crippen LogP contribution in [0.4, 0.5) is 5.69 Å². The average molecular weight is 291 g/mol. The van der Waals surface area contributed by atoms with Crippen LogP contribution in [-0.4, -0.2) is 29.4 Å². The average Bonchev–Trinajstić information content (AvgIpc) is 2.85. The molecule has 20 heavy (non-hydrogen) atoms. The Balaban J connectivity index is 1.89. The number of rotatable bonds is 7. The van der Waals surface area contributed by atoms with E-state index in [9.17, 15) is 4.79 Å². The molecule has 2 aromatic rings. The number of carbonyl (C=O) groups excluding carboxylic acids is 1. The summed E-state index contributed by atoms with van der Waals surface area (Å²) in [6.45, 7) is 0.724. The topological polar surface area (TPSA) is 70.9 Å². The first-order valence-electron chi connectivity index (χ1n) is 6.86. The summed E-state index contributed by atoms with van der Waals surface area (Å²) in [5, 5.41) is 3.85. The summed E-state index contributed by atoms with van der Waals surface area (Å²) in [6, 6.07) is 5.55. The molecule has 0 bridgehead atoms. The molecule has 0 spiro atoms. The van der Waals surface area contributed by atoms with Crippen LogP contribution < -0.4 is 11.1 Å². The molecule has 1 aromatic heterocycles. The molecule has 1 aromatic carbocycles. The molecule has 2 rings (SSSR count). The predicted molar refractivity (Wildman–Crippen MR) is 87.3 cm³/mol. The highest BCUT2D eigenvalue weighted by Gasteiger charge is 2.11. The Morgan fingerprint density at radius 3 is 3.00 bits per heavy atom. The van der Waals surface area contributed by atoms with E-state index in [-0.39, 0.29) is 5.91 Å². The maximum Gasteiger partial charge on any atom is 0.253 e. The third-order valence-electron chi connectivity index (χ3n) is 3.26. The summed E-state index contributed by atoms with van der Waals surface area (Å²) in [7, 11) is 0. The van der Waals surface area contributed by atoms with Crippen LogP contribution in [0.5, 0.6) is 0 Å². The summed E-state index contributed by atoms with van der Waals surface area (Å²) < 4.78 is 0. The molecule has 0 saturated heterocycles. The molecule has 4 N–H and O–H groups in total. The molecule has 0 unspecified atom stereocenters. The highest BCUT2D eigenvalue weighted by atomic mass is 32.2. The van der Waals surface area contributed by atoms with E-state index in [0.717, 1.165) is 30.3 Å². The summed E-state index contributed by atoms with van der Waals surface area (Å²) in [5.41, 5.74) is 8.04. The van der Waals surface area contributed by atoms with Crippen LogP contribution in [-0.2, 0) is 0 Å². The fraction of sp³-hybridized carbons (Fsp3) is 0.400. The van der Waals surface area contributed by atoms with Crippen LogP contribution >= 0.6 is 11.8 Å². The molecular weight excluding hydrogens is 270 g/mol. The summed E-state index contributed by atoms with van der Waals surface area (Å²) in [5.74, 6) is 1.15. The second-order valence-electron chi connectivity index (χ2n) is 4.82. The quantitative estimate of drug-likeness (QED) is 0.542. The van der Waals surface area contributed by atoms with Crippen molar-refractivity contribution in [1.29, 1.82) is 0 Å². The van der Waals surface area contributed by atoms with Gasteiger partial charge in [0.15, 0.2) is 0 Å². The zero-order chi connectivity index (χ0) is 14.4. The van der Waals surface area contributed by atoms with Gasteiger partial charge in [-0.25, -0.2) is 0 Å². The number of H-pyrrole nitrogens is 1. The summed E-state index contributed by atoms with van der Waals surface area (Å²) >= 11 is 1.86. The lowest BCUT2D eigenvalue weighted by atomic mass is 10.1. The van der Waals surface area contributed by atoms with Crippen molar-refractivity contribution in [3.05, 3.63) is 30.0 Å². The number of nitrogen functional groups attached to an aromatic ring is 1. The van der Waals surface area contributed by atoms with E-state index in [1.54, 1.807) is 6.20 Å². The first-order valence-corrected chi connectivity index (χ1v) is 8.25. The number of hydrogen-bond acceptors (Lipinski definition) is 3. The Morgan fingerprint density at radius 1 is 1.35 bits per heavy atom. The van der Waals surface area contributed by atoms with Crippen LogP contribution in [0.3, 0.4) is 0 Å². The minimum absolute atomic E-state index is 0.0354. The van der Waals surface area contributed by atoms with Crippen LogP contribution in [0.2, 0.25) is 0 Å². The Hall–Kier alpha value is -1.62. The number of aromatic nitrogens is 1. The lowest BCUT2D eigenvalue weighted by molar-refractivity contribution is 0.0954. The Morgan fingerprint density at radius 2 is 2.20 bits per heavy atom. The second-order valence-corrected chi connectivity index (χ2v) is 5.80. The first kappa shape index (κ1) is 14.8. The van der Waals surface area contributed by atoms with Gasteiger partial charge in [-0.2, -0.15) is 11.8 Å². The molecule has 4 nitrogen and oxygen atoms in total. The number of fused-ring (bicyclic) bond motifs is 1. The van der Waals surface area contributed by atoms with Crippen LogP contribution in [0, 0.1) is 0 Å². The number of benzene rings is 1. The third-order valence-corrected chi connectivity index (χ3v) is 3.96. The fourth-order valence-corrected chi connectivity index (χ4v) is 2.66. The minimum Gasteiger partial charge on any atom is -0.399 e. The molecule has 0 fully saturated rings. The van der Waals surface area contributed by atoms with E-state index in [0.29, 0.717) is 11.3 Å². The lowest BCUT2D eigenvalue weighted by Gasteiger charge is -2.04. The number of nitrogens with one attached hydrogen (secondary N) is 2. The van der Waals surface area contributed by atoms with E-state index in [4.69, 9.17) is 5.73 Å². The molecule has 5 heteroatoms. The van der Waals surface area contributed by atoms with Gasteiger partial charge in [0.1, 0.15) is 0 Å². The first-order chi connectivity index (χ1) is 9.72. The van der Waals surface area contributed by atoms with Gasteiger partial charge in [-0.15, -0.1) is 0 Å². The van der Waals surface area contributed by atoms with Crippen molar-refractivity contribution in [2.45, 2.75) is 19.3 Å². The van der Waals surface area contributed by atoms with E-state index in [1.165, 1.54) is 12.2 Å². The zero-order valence-corrected chi connectivity index (χ0v) is 12.6. The normalized spacial score (nSPS) is 10.8. The Kier molecular flexibility index (Phi) is 5.35. The largest absolute Gasteiger partial charge is 0.399 e. The standard InChI is InChI=1S/C15H21N3OS/c1-20-8-4-2-3-7-17-15(19)13-10-18-14-6-5-11(16)9-12(13)14/h5-6,9-10,18H,2-4,7-8,16H2,1H3,(H,17,19). The monoisotopic (exact) mass is 291 g/mol. The number of nitrogens with two attached hydrogens (primary N) is 1. The van der Waals surface area contributed by atoms with Gasteiger partial charge in [-0.3, -0.25) is 4.79 Å². The van der Waals surface area contributed by atoms with E-state index < -0.39 is 0 Å². The SMILES string of the molecule is CSCCCCCNC(=O)c1c[nH]c2ccc(N)cc12. The molecule has 0 aliphatic heterocycles. The number of amides is 1. The molecule has 0 aliphatic carbocycles. The van der Waals surface area contributed by atoms with Gasteiger partial charge in [0.05, 0.1) is 5.56 Å². The van der Waals surface area contributed by atoms with Crippen LogP contribution in [0.25, 0.3) is 10.9 Å². The van der Waals surface area contributed by atoms with Crippen molar-refractivity contribution in [2.24, 2.45) is 0 Å². The molecular formula is C15H21N3OS. The number of unbranched alkanes of at least 4 members (excludes halogenated alkanes) is 2. The Labute approximate surface area is 123 Å². The van der Waals surface area contributed by atoms with Crippen molar-refractivity contribution < 1.29 is 4.79 Å². The molecule has 1 heterocycles. The van der Waals surface area contributed by atoms with Gasteiger partial charge in [0, 0.05) is 29.3 Å². The van der Waals surface area contributed by atoms with Gasteiger partial charge in [-0.1, -0.05) is 6.42 Å². The number of carbonyl (C=O) groups is 1. The highest BCUT2D eigenvalue weighted by molar-refractivity contribution is 7.98. The molecule has 0 radical (unpaired) electrons. The zero-order valence-electron chi connectivity index (χ0n) is 11.7. The van der Waals surface area contributed by atoms with Crippen molar-refractivity contribution in [1.82, 2.24) is 10.3 Å². The summed E-state index contributed by atoms with van der Waals surface area (Å²) in [6.07, 6.45) is 7.25. The van der Waals surface area contributed by atoms with E-state index in [1.807, 2.05) is 30.0 Å². The molecule has 108 valence electrons. The molecule has 0 aliphatic rings. The van der Waals surface area contributed by atoms with Gasteiger partial charge < -0.3 is 16.0 Å². The van der Waals surface area contributed by atoms with E-state index >= 15 is 0 Å². The molecule has 0 saturated carbocycles. The molecule has 0 atom stereocenters. The number of hydrogen-bond donors (Lipinski definition) is 3. The number of thioether (sulfide) groups is 1. The van der Waals surface area contributed by atoms with Crippen molar-refractivity contribution in [2.75, 3.05) is 24.3 Å². The van der Waals surface area contributed by atoms with Crippen molar-refractivity contribution in [3.8, 4) is 0 Å². The maximum absolute atomic E-state index is 12.1. The van der Waals surface area contributed by atoms with Crippen LogP contribution in [0.15, 0.2) is 24.4 Å². The minimum atomic E-state index is -0.0354. The second kappa shape index (κ2) is 7.24.